The molecule has 1 saturated heterocycles. The number of morpholine rings is 1. The number of aromatic nitrogens is 1. The van der Waals surface area contributed by atoms with E-state index in [0.29, 0.717) is 29.4 Å². The molecule has 4 nitrogen and oxygen atoms in total. The summed E-state index contributed by atoms with van der Waals surface area (Å²) in [5.74, 6) is 0. The first kappa shape index (κ1) is 15.7. The summed E-state index contributed by atoms with van der Waals surface area (Å²) >= 11 is 0.597. The zero-order valence-corrected chi connectivity index (χ0v) is 12.0. The van der Waals surface area contributed by atoms with E-state index in [4.69, 9.17) is 10.5 Å². The van der Waals surface area contributed by atoms with Crippen molar-refractivity contribution >= 4 is 11.3 Å². The number of nitrogens with two attached hydrogens (primary N) is 1. The third-order valence-corrected chi connectivity index (χ3v) is 4.36. The minimum atomic E-state index is -4.41. The van der Waals surface area contributed by atoms with Crippen molar-refractivity contribution in [3.05, 3.63) is 16.1 Å². The molecule has 0 amide bonds. The van der Waals surface area contributed by atoms with Gasteiger partial charge in [0.05, 0.1) is 18.8 Å². The number of hydrogen-bond acceptors (Lipinski definition) is 5. The maximum atomic E-state index is 12.5. The summed E-state index contributed by atoms with van der Waals surface area (Å²) in [6, 6.07) is -0.566. The highest BCUT2D eigenvalue weighted by atomic mass is 32.1. The average molecular weight is 309 g/mol. The molecule has 0 saturated carbocycles. The van der Waals surface area contributed by atoms with Crippen LogP contribution < -0.4 is 5.73 Å². The fourth-order valence-electron chi connectivity index (χ4n) is 2.22. The van der Waals surface area contributed by atoms with Gasteiger partial charge in [0.25, 0.3) is 0 Å². The molecule has 114 valence electrons. The van der Waals surface area contributed by atoms with E-state index in [1.807, 2.05) is 0 Å². The highest BCUT2D eigenvalue weighted by molar-refractivity contribution is 7.11. The smallest absolute Gasteiger partial charge is 0.374 e. The highest BCUT2D eigenvalue weighted by Crippen LogP contribution is 2.35. The Kier molecular flexibility index (Phi) is 5.00. The lowest BCUT2D eigenvalue weighted by molar-refractivity contribution is -0.137. The van der Waals surface area contributed by atoms with Gasteiger partial charge in [-0.3, -0.25) is 4.90 Å². The molecular formula is C12H18F3N3OS. The van der Waals surface area contributed by atoms with Crippen LogP contribution in [0.2, 0.25) is 0 Å². The van der Waals surface area contributed by atoms with Gasteiger partial charge in [-0.15, -0.1) is 11.3 Å². The third-order valence-electron chi connectivity index (χ3n) is 3.21. The van der Waals surface area contributed by atoms with Gasteiger partial charge >= 0.3 is 6.18 Å². The van der Waals surface area contributed by atoms with Crippen LogP contribution in [0.1, 0.15) is 29.3 Å². The molecule has 0 spiro atoms. The molecule has 20 heavy (non-hydrogen) atoms. The number of nitrogens with zero attached hydrogens (tertiary/aromatic N) is 2. The van der Waals surface area contributed by atoms with Gasteiger partial charge in [0, 0.05) is 24.2 Å². The van der Waals surface area contributed by atoms with Gasteiger partial charge in [0.15, 0.2) is 5.01 Å². The Morgan fingerprint density at radius 2 is 2.35 bits per heavy atom. The summed E-state index contributed by atoms with van der Waals surface area (Å²) in [5.41, 5.74) is 6.04. The van der Waals surface area contributed by atoms with Crippen molar-refractivity contribution in [3.63, 3.8) is 0 Å². The largest absolute Gasteiger partial charge is 0.443 e. The lowest BCUT2D eigenvalue weighted by atomic mass is 10.1. The van der Waals surface area contributed by atoms with E-state index in [-0.39, 0.29) is 6.10 Å². The van der Waals surface area contributed by atoms with Crippen LogP contribution in [0.5, 0.6) is 0 Å². The number of rotatable bonds is 4. The average Bonchev–Trinajstić information content (AvgIpc) is 2.88. The van der Waals surface area contributed by atoms with E-state index in [2.05, 4.69) is 16.8 Å². The SMILES string of the molecule is CCCN1CCOC(C(N)c2cnc(C(F)(F)F)s2)C1. The first-order valence-electron chi connectivity index (χ1n) is 6.54. The topological polar surface area (TPSA) is 51.4 Å². The molecular weight excluding hydrogens is 291 g/mol. The molecule has 1 aliphatic heterocycles. The van der Waals surface area contributed by atoms with Crippen molar-refractivity contribution in [2.24, 2.45) is 5.73 Å². The second-order valence-corrected chi connectivity index (χ2v) is 5.86. The fourth-order valence-corrected chi connectivity index (χ4v) is 3.06. The van der Waals surface area contributed by atoms with Crippen LogP contribution in [-0.2, 0) is 10.9 Å². The summed E-state index contributed by atoms with van der Waals surface area (Å²) < 4.78 is 43.2. The first-order chi connectivity index (χ1) is 9.41. The predicted molar refractivity (Wildman–Crippen MR) is 70.5 cm³/mol. The molecule has 1 fully saturated rings. The Bertz CT molecular complexity index is 436. The summed E-state index contributed by atoms with van der Waals surface area (Å²) in [6.07, 6.45) is -2.46. The van der Waals surface area contributed by atoms with E-state index in [1.165, 1.54) is 6.20 Å². The quantitative estimate of drug-likeness (QED) is 0.927. The van der Waals surface area contributed by atoms with Gasteiger partial charge in [0.2, 0.25) is 0 Å². The van der Waals surface area contributed by atoms with Crippen LogP contribution in [0.15, 0.2) is 6.20 Å². The minimum absolute atomic E-state index is 0.281. The van der Waals surface area contributed by atoms with Gasteiger partial charge in [-0.1, -0.05) is 6.92 Å². The molecule has 0 aliphatic carbocycles. The Morgan fingerprint density at radius 3 is 2.95 bits per heavy atom. The normalized spacial score (nSPS) is 22.9. The molecule has 1 aliphatic rings. The van der Waals surface area contributed by atoms with Crippen molar-refractivity contribution in [2.45, 2.75) is 31.7 Å². The molecule has 2 unspecified atom stereocenters. The fraction of sp³-hybridized carbons (Fsp3) is 0.750. The van der Waals surface area contributed by atoms with Crippen LogP contribution in [-0.4, -0.2) is 42.2 Å². The summed E-state index contributed by atoms with van der Waals surface area (Å²) in [4.78, 5) is 6.04. The van der Waals surface area contributed by atoms with Crippen molar-refractivity contribution in [2.75, 3.05) is 26.2 Å². The van der Waals surface area contributed by atoms with Gasteiger partial charge in [-0.25, -0.2) is 4.98 Å². The van der Waals surface area contributed by atoms with Gasteiger partial charge in [-0.2, -0.15) is 13.2 Å². The molecule has 2 rings (SSSR count). The van der Waals surface area contributed by atoms with E-state index >= 15 is 0 Å². The summed E-state index contributed by atoms with van der Waals surface area (Å²) in [7, 11) is 0. The van der Waals surface area contributed by atoms with E-state index in [0.717, 1.165) is 19.5 Å². The maximum absolute atomic E-state index is 12.5. The standard InChI is InChI=1S/C12H18F3N3OS/c1-2-3-18-4-5-19-8(7-18)10(16)9-6-17-11(20-9)12(13,14)15/h6,8,10H,2-5,7,16H2,1H3. The van der Waals surface area contributed by atoms with Crippen molar-refractivity contribution in [1.82, 2.24) is 9.88 Å². The Morgan fingerprint density at radius 1 is 1.60 bits per heavy atom. The first-order valence-corrected chi connectivity index (χ1v) is 7.36. The number of thiazole rings is 1. The molecule has 0 aromatic carbocycles. The second kappa shape index (κ2) is 6.38. The van der Waals surface area contributed by atoms with Gasteiger partial charge < -0.3 is 10.5 Å². The lowest BCUT2D eigenvalue weighted by Crippen LogP contribution is -2.47. The van der Waals surface area contributed by atoms with Crippen molar-refractivity contribution in [3.8, 4) is 0 Å². The molecule has 8 heteroatoms. The van der Waals surface area contributed by atoms with Gasteiger partial charge in [-0.05, 0) is 13.0 Å². The molecule has 1 aromatic rings. The Labute approximate surface area is 119 Å². The third kappa shape index (κ3) is 3.69. The number of halogens is 3. The van der Waals surface area contributed by atoms with Crippen LogP contribution in [0, 0.1) is 0 Å². The minimum Gasteiger partial charge on any atom is -0.374 e. The maximum Gasteiger partial charge on any atom is 0.443 e. The predicted octanol–water partition coefficient (Wildman–Crippen LogP) is 2.27. The molecule has 2 heterocycles. The summed E-state index contributed by atoms with van der Waals surface area (Å²) in [6.45, 7) is 5.08. The van der Waals surface area contributed by atoms with Crippen LogP contribution in [0.3, 0.4) is 0 Å². The zero-order chi connectivity index (χ0) is 14.8. The molecule has 0 radical (unpaired) electrons. The Balaban J connectivity index is 2.03. The summed E-state index contributed by atoms with van der Waals surface area (Å²) in [5, 5.41) is -0.857. The van der Waals surface area contributed by atoms with E-state index in [1.54, 1.807) is 0 Å². The molecule has 1 aromatic heterocycles. The molecule has 2 atom stereocenters. The van der Waals surface area contributed by atoms with E-state index < -0.39 is 17.2 Å². The number of ether oxygens (including phenoxy) is 1. The van der Waals surface area contributed by atoms with E-state index in [9.17, 15) is 13.2 Å². The Hall–Kier alpha value is -0.700. The number of alkyl halides is 3. The zero-order valence-electron chi connectivity index (χ0n) is 11.2. The highest BCUT2D eigenvalue weighted by Gasteiger charge is 2.36. The molecule has 2 N–H and O–H groups in total. The lowest BCUT2D eigenvalue weighted by Gasteiger charge is -2.35. The van der Waals surface area contributed by atoms with Crippen molar-refractivity contribution in [1.29, 1.82) is 0 Å². The van der Waals surface area contributed by atoms with Crippen LogP contribution in [0.25, 0.3) is 0 Å². The monoisotopic (exact) mass is 309 g/mol. The van der Waals surface area contributed by atoms with Gasteiger partial charge in [0.1, 0.15) is 0 Å². The second-order valence-electron chi connectivity index (χ2n) is 4.80. The number of hydrogen-bond donors (Lipinski definition) is 1. The van der Waals surface area contributed by atoms with Crippen LogP contribution in [0.4, 0.5) is 13.2 Å². The molecule has 0 bridgehead atoms. The van der Waals surface area contributed by atoms with Crippen LogP contribution >= 0.6 is 11.3 Å². The van der Waals surface area contributed by atoms with Crippen molar-refractivity contribution < 1.29 is 17.9 Å².